The van der Waals surface area contributed by atoms with Crippen LogP contribution in [0.4, 0.5) is 5.00 Å². The summed E-state index contributed by atoms with van der Waals surface area (Å²) in [6.07, 6.45) is 4.66. The predicted molar refractivity (Wildman–Crippen MR) is 108 cm³/mol. The average Bonchev–Trinajstić information content (AvgIpc) is 3.09. The second-order valence-corrected chi connectivity index (χ2v) is 6.95. The maximum absolute atomic E-state index is 10.1. The first kappa shape index (κ1) is 19.9. The van der Waals surface area contributed by atoms with Crippen molar-refractivity contribution in [3.8, 4) is 16.5 Å². The summed E-state index contributed by atoms with van der Waals surface area (Å²) in [7, 11) is 1.82. The van der Waals surface area contributed by atoms with E-state index in [-0.39, 0.29) is 0 Å². The van der Waals surface area contributed by atoms with E-state index in [2.05, 4.69) is 16.4 Å². The largest absolute Gasteiger partial charge is 0.379 e. The number of rotatable bonds is 4. The van der Waals surface area contributed by atoms with Crippen LogP contribution in [0.1, 0.15) is 11.1 Å². The van der Waals surface area contributed by atoms with E-state index in [1.54, 1.807) is 41.9 Å². The lowest BCUT2D eigenvalue weighted by atomic mass is 10.2. The van der Waals surface area contributed by atoms with Gasteiger partial charge in [-0.05, 0) is 41.5 Å². The molecule has 2 heterocycles. The highest BCUT2D eigenvalue weighted by molar-refractivity contribution is 7.19. The molecule has 0 aliphatic heterocycles. The molecule has 1 aromatic carbocycles. The number of nitrogens with one attached hydrogen (secondary N) is 1. The third kappa shape index (κ3) is 5.30. The SMILES string of the molecule is CNc1sc(-c2ccncc2)cc1C#N.O=CCc1ccc(Cl)cc1Cl. The Kier molecular flexibility index (Phi) is 7.61. The molecule has 0 bridgehead atoms. The molecule has 2 aromatic heterocycles. The van der Waals surface area contributed by atoms with E-state index in [9.17, 15) is 4.79 Å². The maximum atomic E-state index is 10.1. The summed E-state index contributed by atoms with van der Waals surface area (Å²) in [4.78, 5) is 15.2. The number of nitrogens with zero attached hydrogens (tertiary/aromatic N) is 2. The number of hydrogen-bond donors (Lipinski definition) is 1. The van der Waals surface area contributed by atoms with Crippen LogP contribution < -0.4 is 5.32 Å². The van der Waals surface area contributed by atoms with Gasteiger partial charge in [0.1, 0.15) is 17.4 Å². The smallest absolute Gasteiger partial charge is 0.124 e. The van der Waals surface area contributed by atoms with Crippen LogP contribution in [0.15, 0.2) is 48.8 Å². The monoisotopic (exact) mass is 403 g/mol. The van der Waals surface area contributed by atoms with Crippen LogP contribution in [0.5, 0.6) is 0 Å². The van der Waals surface area contributed by atoms with Crippen LogP contribution in [0.2, 0.25) is 10.0 Å². The zero-order chi connectivity index (χ0) is 18.9. The van der Waals surface area contributed by atoms with E-state index < -0.39 is 0 Å². The molecule has 0 atom stereocenters. The van der Waals surface area contributed by atoms with Gasteiger partial charge in [-0.3, -0.25) is 4.98 Å². The molecular weight excluding hydrogens is 389 g/mol. The van der Waals surface area contributed by atoms with Crippen molar-refractivity contribution < 1.29 is 4.79 Å². The number of aldehydes is 1. The lowest BCUT2D eigenvalue weighted by Crippen LogP contribution is -1.86. The topological polar surface area (TPSA) is 65.8 Å². The van der Waals surface area contributed by atoms with Crippen molar-refractivity contribution in [2.24, 2.45) is 0 Å². The molecule has 0 amide bonds. The van der Waals surface area contributed by atoms with Crippen LogP contribution in [-0.4, -0.2) is 18.3 Å². The highest BCUT2D eigenvalue weighted by atomic mass is 35.5. The first-order valence-electron chi connectivity index (χ1n) is 7.58. The Morgan fingerprint density at radius 1 is 1.23 bits per heavy atom. The molecule has 0 spiro atoms. The molecule has 0 fully saturated rings. The minimum Gasteiger partial charge on any atom is -0.379 e. The Morgan fingerprint density at radius 3 is 2.50 bits per heavy atom. The maximum Gasteiger partial charge on any atom is 0.124 e. The number of anilines is 1. The average molecular weight is 404 g/mol. The molecule has 1 N–H and O–H groups in total. The molecule has 0 unspecified atom stereocenters. The summed E-state index contributed by atoms with van der Waals surface area (Å²) in [6, 6.07) is 13.0. The van der Waals surface area contributed by atoms with Crippen LogP contribution in [0.3, 0.4) is 0 Å². The zero-order valence-electron chi connectivity index (χ0n) is 13.9. The second kappa shape index (κ2) is 9.93. The molecule has 26 heavy (non-hydrogen) atoms. The molecule has 7 heteroatoms. The predicted octanol–water partition coefficient (Wildman–Crippen LogP) is 5.46. The van der Waals surface area contributed by atoms with Crippen molar-refractivity contribution in [1.82, 2.24) is 4.98 Å². The Hall–Kier alpha value is -2.39. The molecule has 132 valence electrons. The molecular formula is C19H15Cl2N3OS. The van der Waals surface area contributed by atoms with Crippen molar-refractivity contribution in [3.05, 3.63) is 70.0 Å². The molecule has 0 radical (unpaired) electrons. The van der Waals surface area contributed by atoms with Gasteiger partial charge < -0.3 is 10.1 Å². The number of carbonyl (C=O) groups is 1. The van der Waals surface area contributed by atoms with Gasteiger partial charge in [0.15, 0.2) is 0 Å². The molecule has 0 saturated heterocycles. The zero-order valence-corrected chi connectivity index (χ0v) is 16.2. The van der Waals surface area contributed by atoms with Crippen LogP contribution in [0.25, 0.3) is 10.4 Å². The first-order chi connectivity index (χ1) is 12.6. The van der Waals surface area contributed by atoms with Gasteiger partial charge in [0, 0.05) is 40.8 Å². The second-order valence-electron chi connectivity index (χ2n) is 5.06. The van der Waals surface area contributed by atoms with Crippen molar-refractivity contribution in [3.63, 3.8) is 0 Å². The van der Waals surface area contributed by atoms with Gasteiger partial charge in [0.2, 0.25) is 0 Å². The fourth-order valence-corrected chi connectivity index (χ4v) is 3.55. The van der Waals surface area contributed by atoms with Crippen LogP contribution >= 0.6 is 34.5 Å². The summed E-state index contributed by atoms with van der Waals surface area (Å²) in [6.45, 7) is 0. The Labute approximate surface area is 166 Å². The normalized spacial score (nSPS) is 9.62. The lowest BCUT2D eigenvalue weighted by Gasteiger charge is -1.98. The fraction of sp³-hybridized carbons (Fsp3) is 0.105. The van der Waals surface area contributed by atoms with Gasteiger partial charge in [-0.25, -0.2) is 0 Å². The molecule has 0 saturated carbocycles. The standard InChI is InChI=1S/C11H9N3S.C8H6Cl2O/c1-13-11-9(7-12)6-10(15-11)8-2-4-14-5-3-8;9-7-2-1-6(3-4-11)8(10)5-7/h2-6,13H,1H3;1-2,4-5H,3H2. The number of aromatic nitrogens is 1. The number of carbonyl (C=O) groups excluding carboxylic acids is 1. The number of hydrogen-bond acceptors (Lipinski definition) is 5. The van der Waals surface area contributed by atoms with Crippen LogP contribution in [0, 0.1) is 11.3 Å². The minimum absolute atomic E-state index is 0.343. The molecule has 0 aliphatic carbocycles. The Bertz CT molecular complexity index is 920. The Balaban J connectivity index is 0.000000197. The fourth-order valence-electron chi connectivity index (χ4n) is 2.10. The minimum atomic E-state index is 0.343. The number of thiophene rings is 1. The van der Waals surface area contributed by atoms with Crippen molar-refractivity contribution in [2.45, 2.75) is 6.42 Å². The highest BCUT2D eigenvalue weighted by Gasteiger charge is 2.08. The third-order valence-electron chi connectivity index (χ3n) is 3.36. The van der Waals surface area contributed by atoms with E-state index in [1.165, 1.54) is 0 Å². The quantitative estimate of drug-likeness (QED) is 0.587. The Morgan fingerprint density at radius 2 is 1.96 bits per heavy atom. The van der Waals surface area contributed by atoms with Crippen molar-refractivity contribution >= 4 is 45.8 Å². The summed E-state index contributed by atoms with van der Waals surface area (Å²) in [5.41, 5.74) is 2.59. The number of pyridine rings is 1. The van der Waals surface area contributed by atoms with Gasteiger partial charge in [-0.1, -0.05) is 29.3 Å². The first-order valence-corrected chi connectivity index (χ1v) is 9.16. The summed E-state index contributed by atoms with van der Waals surface area (Å²) in [5, 5.41) is 14.0. The molecule has 3 rings (SSSR count). The molecule has 4 nitrogen and oxygen atoms in total. The number of halogens is 2. The van der Waals surface area contributed by atoms with Gasteiger partial charge >= 0.3 is 0 Å². The van der Waals surface area contributed by atoms with Crippen molar-refractivity contribution in [1.29, 1.82) is 5.26 Å². The number of nitriles is 1. The highest BCUT2D eigenvalue weighted by Crippen LogP contribution is 2.34. The number of benzene rings is 1. The summed E-state index contributed by atoms with van der Waals surface area (Å²) in [5.74, 6) is 0. The van der Waals surface area contributed by atoms with Crippen molar-refractivity contribution in [2.75, 3.05) is 12.4 Å². The van der Waals surface area contributed by atoms with Gasteiger partial charge in [-0.15, -0.1) is 11.3 Å². The summed E-state index contributed by atoms with van der Waals surface area (Å²) >= 11 is 13.0. The van der Waals surface area contributed by atoms with Gasteiger partial charge in [-0.2, -0.15) is 5.26 Å². The van der Waals surface area contributed by atoms with E-state index in [1.807, 2.05) is 25.2 Å². The third-order valence-corrected chi connectivity index (χ3v) is 5.15. The van der Waals surface area contributed by atoms with Gasteiger partial charge in [0.25, 0.3) is 0 Å². The van der Waals surface area contributed by atoms with Crippen LogP contribution in [-0.2, 0) is 11.2 Å². The van der Waals surface area contributed by atoms with Gasteiger partial charge in [0.05, 0.1) is 5.56 Å². The van der Waals surface area contributed by atoms with E-state index in [0.29, 0.717) is 22.0 Å². The summed E-state index contributed by atoms with van der Waals surface area (Å²) < 4.78 is 0. The molecule has 0 aliphatic rings. The van der Waals surface area contributed by atoms with E-state index in [4.69, 9.17) is 28.5 Å². The molecule has 3 aromatic rings. The van der Waals surface area contributed by atoms with E-state index >= 15 is 0 Å². The lowest BCUT2D eigenvalue weighted by molar-refractivity contribution is -0.107. The van der Waals surface area contributed by atoms with E-state index in [0.717, 1.165) is 27.3 Å².